The lowest BCUT2D eigenvalue weighted by molar-refractivity contribution is -0.183. The molecule has 0 amide bonds. The lowest BCUT2D eigenvalue weighted by Gasteiger charge is -2.23. The van der Waals surface area contributed by atoms with Gasteiger partial charge in [0.15, 0.2) is 16.1 Å². The molecule has 1 fully saturated rings. The van der Waals surface area contributed by atoms with Crippen LogP contribution in [0.1, 0.15) is 12.8 Å². The summed E-state index contributed by atoms with van der Waals surface area (Å²) in [6.45, 7) is 1.93. The average molecular weight is 286 g/mol. The van der Waals surface area contributed by atoms with Gasteiger partial charge in [-0.1, -0.05) is 0 Å². The molecule has 0 unspecified atom stereocenters. The van der Waals surface area contributed by atoms with E-state index in [9.17, 15) is 8.42 Å². The monoisotopic (exact) mass is 286 g/mol. The highest BCUT2D eigenvalue weighted by atomic mass is 32.2. The van der Waals surface area contributed by atoms with E-state index in [-0.39, 0.29) is 6.29 Å². The largest absolute Gasteiger partial charge is 0.493 e. The Kier molecular flexibility index (Phi) is 4.79. The molecule has 1 aliphatic heterocycles. The van der Waals surface area contributed by atoms with E-state index in [1.54, 1.807) is 12.1 Å². The first kappa shape index (κ1) is 14.3. The molecule has 1 aromatic rings. The minimum absolute atomic E-state index is 0.191. The average Bonchev–Trinajstić information content (AvgIpc) is 2.39. The molecule has 6 heteroatoms. The molecule has 0 aromatic heterocycles. The van der Waals surface area contributed by atoms with Crippen LogP contribution in [0, 0.1) is 0 Å². The summed E-state index contributed by atoms with van der Waals surface area (Å²) < 4.78 is 38.9. The zero-order valence-electron chi connectivity index (χ0n) is 10.9. The highest BCUT2D eigenvalue weighted by Crippen LogP contribution is 2.16. The molecule has 0 spiro atoms. The lowest BCUT2D eigenvalue weighted by Crippen LogP contribution is -2.26. The first-order chi connectivity index (χ1) is 9.05. The van der Waals surface area contributed by atoms with Gasteiger partial charge in [-0.25, -0.2) is 8.42 Å². The zero-order valence-corrected chi connectivity index (χ0v) is 11.7. The Morgan fingerprint density at radius 1 is 1.21 bits per heavy atom. The summed E-state index contributed by atoms with van der Waals surface area (Å²) in [6.07, 6.45) is 2.59. The molecule has 5 nitrogen and oxygen atoms in total. The molecule has 0 aliphatic carbocycles. The van der Waals surface area contributed by atoms with E-state index in [4.69, 9.17) is 14.2 Å². The molecule has 1 aromatic carbocycles. The summed E-state index contributed by atoms with van der Waals surface area (Å²) in [6, 6.07) is 6.38. The van der Waals surface area contributed by atoms with E-state index in [0.29, 0.717) is 23.7 Å². The third-order valence-electron chi connectivity index (χ3n) is 2.77. The number of sulfone groups is 1. The highest BCUT2D eigenvalue weighted by Gasteiger charge is 2.14. The van der Waals surface area contributed by atoms with E-state index in [1.807, 2.05) is 0 Å². The van der Waals surface area contributed by atoms with Crippen LogP contribution in [-0.2, 0) is 19.3 Å². The molecule has 0 radical (unpaired) electrons. The predicted molar refractivity (Wildman–Crippen MR) is 70.0 cm³/mol. The SMILES string of the molecule is CS(=O)(=O)c1ccc(OCCC2OCCCO2)cc1. The van der Waals surface area contributed by atoms with Crippen LogP contribution in [0.2, 0.25) is 0 Å². The summed E-state index contributed by atoms with van der Waals surface area (Å²) in [5, 5.41) is 0. The van der Waals surface area contributed by atoms with Crippen LogP contribution in [0.5, 0.6) is 5.75 Å². The molecular formula is C13H18O5S. The Balaban J connectivity index is 1.80. The van der Waals surface area contributed by atoms with Crippen LogP contribution in [0.3, 0.4) is 0 Å². The van der Waals surface area contributed by atoms with Gasteiger partial charge in [0.2, 0.25) is 0 Å². The van der Waals surface area contributed by atoms with Crippen LogP contribution in [-0.4, -0.2) is 40.8 Å². The molecule has 1 aliphatic rings. The van der Waals surface area contributed by atoms with Crippen LogP contribution < -0.4 is 4.74 Å². The topological polar surface area (TPSA) is 61.8 Å². The first-order valence-electron chi connectivity index (χ1n) is 6.22. The third-order valence-corrected chi connectivity index (χ3v) is 3.90. The van der Waals surface area contributed by atoms with Crippen LogP contribution >= 0.6 is 0 Å². The van der Waals surface area contributed by atoms with Crippen molar-refractivity contribution in [2.45, 2.75) is 24.0 Å². The van der Waals surface area contributed by atoms with Gasteiger partial charge >= 0.3 is 0 Å². The lowest BCUT2D eigenvalue weighted by atomic mass is 10.3. The molecule has 2 rings (SSSR count). The maximum absolute atomic E-state index is 11.3. The van der Waals surface area contributed by atoms with Crippen molar-refractivity contribution in [3.63, 3.8) is 0 Å². The van der Waals surface area contributed by atoms with Crippen molar-refractivity contribution in [2.75, 3.05) is 26.1 Å². The van der Waals surface area contributed by atoms with E-state index in [1.165, 1.54) is 18.4 Å². The fourth-order valence-electron chi connectivity index (χ4n) is 1.76. The summed E-state index contributed by atoms with van der Waals surface area (Å²) in [5.41, 5.74) is 0. The molecule has 0 saturated carbocycles. The second kappa shape index (κ2) is 6.36. The maximum atomic E-state index is 11.3. The van der Waals surface area contributed by atoms with Crippen LogP contribution in [0.4, 0.5) is 0 Å². The van der Waals surface area contributed by atoms with Crippen molar-refractivity contribution in [1.82, 2.24) is 0 Å². The van der Waals surface area contributed by atoms with Crippen molar-refractivity contribution in [2.24, 2.45) is 0 Å². The van der Waals surface area contributed by atoms with Gasteiger partial charge in [0.05, 0.1) is 24.7 Å². The summed E-state index contributed by atoms with van der Waals surface area (Å²) in [4.78, 5) is 0.291. The van der Waals surface area contributed by atoms with E-state index >= 15 is 0 Å². The second-order valence-corrected chi connectivity index (χ2v) is 6.42. The van der Waals surface area contributed by atoms with Gasteiger partial charge in [0, 0.05) is 12.7 Å². The third kappa shape index (κ3) is 4.49. The molecule has 1 saturated heterocycles. The maximum Gasteiger partial charge on any atom is 0.175 e. The molecule has 0 atom stereocenters. The number of hydrogen-bond acceptors (Lipinski definition) is 5. The Hall–Kier alpha value is -1.11. The summed E-state index contributed by atoms with van der Waals surface area (Å²) in [7, 11) is -3.15. The molecule has 0 bridgehead atoms. The fourth-order valence-corrected chi connectivity index (χ4v) is 2.39. The van der Waals surface area contributed by atoms with Gasteiger partial charge in [0.25, 0.3) is 0 Å². The van der Waals surface area contributed by atoms with Crippen molar-refractivity contribution in [1.29, 1.82) is 0 Å². The Bertz CT molecular complexity index is 488. The second-order valence-electron chi connectivity index (χ2n) is 4.41. The predicted octanol–water partition coefficient (Wildman–Crippen LogP) is 1.62. The van der Waals surface area contributed by atoms with Crippen molar-refractivity contribution < 1.29 is 22.6 Å². The van der Waals surface area contributed by atoms with Crippen LogP contribution in [0.15, 0.2) is 29.2 Å². The van der Waals surface area contributed by atoms with Crippen molar-refractivity contribution in [3.05, 3.63) is 24.3 Å². The van der Waals surface area contributed by atoms with Gasteiger partial charge in [-0.15, -0.1) is 0 Å². The summed E-state index contributed by atoms with van der Waals surface area (Å²) >= 11 is 0. The quantitative estimate of drug-likeness (QED) is 0.823. The van der Waals surface area contributed by atoms with E-state index < -0.39 is 9.84 Å². The molecule has 106 valence electrons. The van der Waals surface area contributed by atoms with Gasteiger partial charge in [-0.05, 0) is 30.7 Å². The molecular weight excluding hydrogens is 268 g/mol. The van der Waals surface area contributed by atoms with E-state index in [2.05, 4.69) is 0 Å². The highest BCUT2D eigenvalue weighted by molar-refractivity contribution is 7.90. The zero-order chi connectivity index (χ0) is 13.7. The number of benzene rings is 1. The molecule has 0 N–H and O–H groups in total. The fraction of sp³-hybridized carbons (Fsp3) is 0.538. The standard InChI is InChI=1S/C13H18O5S/c1-19(14,15)12-5-3-11(4-6-12)16-10-7-13-17-8-2-9-18-13/h3-6,13H,2,7-10H2,1H3. The summed E-state index contributed by atoms with van der Waals surface area (Å²) in [5.74, 6) is 0.642. The first-order valence-corrected chi connectivity index (χ1v) is 8.11. The molecule has 1 heterocycles. The van der Waals surface area contributed by atoms with Gasteiger partial charge in [-0.3, -0.25) is 0 Å². The Morgan fingerprint density at radius 2 is 1.84 bits per heavy atom. The van der Waals surface area contributed by atoms with Crippen molar-refractivity contribution >= 4 is 9.84 Å². The number of hydrogen-bond donors (Lipinski definition) is 0. The van der Waals surface area contributed by atoms with Gasteiger partial charge in [0.1, 0.15) is 5.75 Å². The van der Waals surface area contributed by atoms with Gasteiger partial charge < -0.3 is 14.2 Å². The normalized spacial score (nSPS) is 17.3. The smallest absolute Gasteiger partial charge is 0.175 e. The van der Waals surface area contributed by atoms with Gasteiger partial charge in [-0.2, -0.15) is 0 Å². The van der Waals surface area contributed by atoms with Crippen molar-refractivity contribution in [3.8, 4) is 5.75 Å². The Morgan fingerprint density at radius 3 is 2.42 bits per heavy atom. The van der Waals surface area contributed by atoms with Crippen LogP contribution in [0.25, 0.3) is 0 Å². The van der Waals surface area contributed by atoms with E-state index in [0.717, 1.165) is 19.6 Å². The minimum Gasteiger partial charge on any atom is -0.493 e. The molecule has 19 heavy (non-hydrogen) atoms. The number of rotatable bonds is 5. The number of ether oxygens (including phenoxy) is 3. The minimum atomic E-state index is -3.15. The Labute approximate surface area is 113 Å².